The second kappa shape index (κ2) is 6.39. The Bertz CT molecular complexity index is 796. The molecule has 0 spiro atoms. The van der Waals surface area contributed by atoms with E-state index < -0.39 is 5.97 Å². The lowest BCUT2D eigenvalue weighted by Gasteiger charge is -2.17. The Hall–Kier alpha value is -1.76. The first-order chi connectivity index (χ1) is 11.0. The van der Waals surface area contributed by atoms with Crippen LogP contribution in [-0.4, -0.2) is 27.1 Å². The summed E-state index contributed by atoms with van der Waals surface area (Å²) in [5.41, 5.74) is 0.871. The molecule has 0 N–H and O–H groups in total. The fourth-order valence-corrected chi connectivity index (χ4v) is 4.18. The zero-order valence-electron chi connectivity index (χ0n) is 13.7. The Balaban J connectivity index is 1.93. The highest BCUT2D eigenvalue weighted by atomic mass is 32.1. The summed E-state index contributed by atoms with van der Waals surface area (Å²) in [5.74, 6) is 0.184. The molecule has 0 amide bonds. The maximum atomic E-state index is 12.7. The van der Waals surface area contributed by atoms with Crippen LogP contribution in [0, 0.1) is 5.92 Å². The van der Waals surface area contributed by atoms with E-state index in [0.717, 1.165) is 35.9 Å². The van der Waals surface area contributed by atoms with Crippen molar-refractivity contribution in [1.29, 1.82) is 0 Å². The normalized spacial score (nSPS) is 18.7. The summed E-state index contributed by atoms with van der Waals surface area (Å²) in [4.78, 5) is 26.5. The molecule has 2 aromatic rings. The highest BCUT2D eigenvalue weighted by Gasteiger charge is 2.24. The summed E-state index contributed by atoms with van der Waals surface area (Å²) < 4.78 is 6.34. The van der Waals surface area contributed by atoms with Crippen molar-refractivity contribution >= 4 is 27.5 Å². The molecular formula is C16H21N3O3S. The van der Waals surface area contributed by atoms with E-state index in [1.54, 1.807) is 11.3 Å². The van der Waals surface area contributed by atoms with Crippen molar-refractivity contribution in [3.8, 4) is 0 Å². The molecule has 2 atom stereocenters. The van der Waals surface area contributed by atoms with Gasteiger partial charge in [-0.25, -0.2) is 0 Å². The topological polar surface area (TPSA) is 74.1 Å². The third kappa shape index (κ3) is 3.15. The van der Waals surface area contributed by atoms with E-state index in [0.29, 0.717) is 16.1 Å². The first kappa shape index (κ1) is 16.1. The molecule has 0 saturated heterocycles. The average Bonchev–Trinajstić information content (AvgIpc) is 2.88. The van der Waals surface area contributed by atoms with Crippen LogP contribution in [0.15, 0.2) is 4.79 Å². The SMILES string of the molecule is CC[C@@H](C)OC(=O)Cn1nnc2sc3c(c2c1=O)CC[C@@H](C)C3. The third-order valence-corrected chi connectivity index (χ3v) is 5.51. The summed E-state index contributed by atoms with van der Waals surface area (Å²) >= 11 is 1.56. The molecule has 7 heteroatoms. The zero-order valence-corrected chi connectivity index (χ0v) is 14.5. The highest BCUT2D eigenvalue weighted by molar-refractivity contribution is 7.18. The van der Waals surface area contributed by atoms with Crippen LogP contribution in [0.5, 0.6) is 0 Å². The molecule has 0 radical (unpaired) electrons. The van der Waals surface area contributed by atoms with Gasteiger partial charge in [0.25, 0.3) is 5.56 Å². The molecule has 0 saturated carbocycles. The quantitative estimate of drug-likeness (QED) is 0.802. The number of hydrogen-bond acceptors (Lipinski definition) is 6. The minimum absolute atomic E-state index is 0.162. The van der Waals surface area contributed by atoms with Gasteiger partial charge in [0.15, 0.2) is 4.83 Å². The number of thiophene rings is 1. The Labute approximate surface area is 138 Å². The number of carbonyl (C=O) groups is 1. The predicted molar refractivity (Wildman–Crippen MR) is 88.7 cm³/mol. The number of esters is 1. The van der Waals surface area contributed by atoms with Gasteiger partial charge in [-0.2, -0.15) is 4.68 Å². The van der Waals surface area contributed by atoms with Crippen molar-refractivity contribution < 1.29 is 9.53 Å². The molecule has 0 fully saturated rings. The number of rotatable bonds is 4. The molecule has 124 valence electrons. The first-order valence-corrected chi connectivity index (χ1v) is 8.88. The minimum Gasteiger partial charge on any atom is -0.461 e. The molecule has 1 aliphatic rings. The van der Waals surface area contributed by atoms with Crippen LogP contribution in [-0.2, 0) is 28.9 Å². The van der Waals surface area contributed by atoms with Crippen LogP contribution in [0.2, 0.25) is 0 Å². The summed E-state index contributed by atoms with van der Waals surface area (Å²) in [6.07, 6.45) is 3.55. The van der Waals surface area contributed by atoms with Gasteiger partial charge in [0.2, 0.25) is 0 Å². The van der Waals surface area contributed by atoms with Gasteiger partial charge in [0, 0.05) is 4.88 Å². The first-order valence-electron chi connectivity index (χ1n) is 8.07. The summed E-state index contributed by atoms with van der Waals surface area (Å²) in [6.45, 7) is 5.80. The molecule has 0 aliphatic heterocycles. The fourth-order valence-electron chi connectivity index (χ4n) is 2.86. The Morgan fingerprint density at radius 1 is 1.52 bits per heavy atom. The Morgan fingerprint density at radius 3 is 3.04 bits per heavy atom. The van der Waals surface area contributed by atoms with Crippen LogP contribution in [0.25, 0.3) is 10.2 Å². The fraction of sp³-hybridized carbons (Fsp3) is 0.625. The minimum atomic E-state index is -0.451. The molecule has 2 aromatic heterocycles. The summed E-state index contributed by atoms with van der Waals surface area (Å²) in [5, 5.41) is 8.70. The van der Waals surface area contributed by atoms with Crippen molar-refractivity contribution in [3.05, 3.63) is 20.8 Å². The van der Waals surface area contributed by atoms with Gasteiger partial charge >= 0.3 is 5.97 Å². The van der Waals surface area contributed by atoms with E-state index in [2.05, 4.69) is 17.2 Å². The van der Waals surface area contributed by atoms with E-state index in [9.17, 15) is 9.59 Å². The monoisotopic (exact) mass is 335 g/mol. The van der Waals surface area contributed by atoms with Gasteiger partial charge in [-0.05, 0) is 44.1 Å². The lowest BCUT2D eigenvalue weighted by Crippen LogP contribution is -2.30. The van der Waals surface area contributed by atoms with E-state index in [1.807, 2.05) is 13.8 Å². The molecule has 2 heterocycles. The number of ether oxygens (including phenoxy) is 1. The van der Waals surface area contributed by atoms with Gasteiger partial charge in [-0.15, -0.1) is 16.4 Å². The van der Waals surface area contributed by atoms with Gasteiger partial charge in [0.05, 0.1) is 11.5 Å². The number of fused-ring (bicyclic) bond motifs is 3. The number of aromatic nitrogens is 3. The predicted octanol–water partition coefficient (Wildman–Crippen LogP) is 2.32. The van der Waals surface area contributed by atoms with Gasteiger partial charge in [-0.1, -0.05) is 19.1 Å². The van der Waals surface area contributed by atoms with Gasteiger partial charge in [0.1, 0.15) is 6.54 Å². The number of hydrogen-bond donors (Lipinski definition) is 0. The van der Waals surface area contributed by atoms with Crippen LogP contribution < -0.4 is 5.56 Å². The lowest BCUT2D eigenvalue weighted by atomic mass is 9.89. The maximum Gasteiger partial charge on any atom is 0.328 e. The molecule has 0 aromatic carbocycles. The van der Waals surface area contributed by atoms with Gasteiger partial charge in [-0.3, -0.25) is 9.59 Å². The largest absolute Gasteiger partial charge is 0.461 e. The van der Waals surface area contributed by atoms with E-state index in [-0.39, 0.29) is 18.2 Å². The number of carbonyl (C=O) groups excluding carboxylic acids is 1. The van der Waals surface area contributed by atoms with E-state index >= 15 is 0 Å². The molecule has 0 bridgehead atoms. The number of aryl methyl sites for hydroxylation is 1. The number of nitrogens with zero attached hydrogens (tertiary/aromatic N) is 3. The van der Waals surface area contributed by atoms with Crippen molar-refractivity contribution in [2.45, 2.75) is 59.1 Å². The van der Waals surface area contributed by atoms with Crippen molar-refractivity contribution in [3.63, 3.8) is 0 Å². The van der Waals surface area contributed by atoms with Crippen LogP contribution in [0.1, 0.15) is 44.1 Å². The van der Waals surface area contributed by atoms with E-state index in [4.69, 9.17) is 4.74 Å². The molecule has 0 unspecified atom stereocenters. The van der Waals surface area contributed by atoms with Crippen molar-refractivity contribution in [2.24, 2.45) is 5.92 Å². The maximum absolute atomic E-state index is 12.7. The van der Waals surface area contributed by atoms with Crippen molar-refractivity contribution in [2.75, 3.05) is 0 Å². The Morgan fingerprint density at radius 2 is 2.30 bits per heavy atom. The highest BCUT2D eigenvalue weighted by Crippen LogP contribution is 2.35. The van der Waals surface area contributed by atoms with E-state index in [1.165, 1.54) is 4.88 Å². The summed E-state index contributed by atoms with van der Waals surface area (Å²) in [7, 11) is 0. The second-order valence-electron chi connectivity index (χ2n) is 6.29. The summed E-state index contributed by atoms with van der Waals surface area (Å²) in [6, 6.07) is 0. The molecule has 6 nitrogen and oxygen atoms in total. The van der Waals surface area contributed by atoms with Gasteiger partial charge < -0.3 is 4.74 Å². The zero-order chi connectivity index (χ0) is 16.6. The Kier molecular flexibility index (Phi) is 4.48. The smallest absolute Gasteiger partial charge is 0.328 e. The average molecular weight is 335 g/mol. The van der Waals surface area contributed by atoms with Crippen LogP contribution >= 0.6 is 11.3 Å². The third-order valence-electron chi connectivity index (χ3n) is 4.37. The molecule has 23 heavy (non-hydrogen) atoms. The molecule has 3 rings (SSSR count). The van der Waals surface area contributed by atoms with Crippen molar-refractivity contribution in [1.82, 2.24) is 15.0 Å². The second-order valence-corrected chi connectivity index (χ2v) is 7.38. The van der Waals surface area contributed by atoms with Crippen LogP contribution in [0.3, 0.4) is 0 Å². The van der Waals surface area contributed by atoms with Crippen LogP contribution in [0.4, 0.5) is 0 Å². The molecule has 1 aliphatic carbocycles. The standard InChI is InChI=1S/C16H21N3O3S/c1-4-10(3)22-13(20)8-19-16(21)14-11-6-5-9(2)7-12(11)23-15(14)17-18-19/h9-10H,4-8H2,1-3H3/t9-,10-/m1/s1. The molecular weight excluding hydrogens is 314 g/mol. The lowest BCUT2D eigenvalue weighted by molar-refractivity contribution is -0.149.